The molecular weight excluding hydrogens is 347 g/mol. The number of halogens is 1. The first-order valence-electron chi connectivity index (χ1n) is 9.05. The molecular formula is C20H25FN4O2. The van der Waals surface area contributed by atoms with Gasteiger partial charge < -0.3 is 19.9 Å². The number of nitrogens with one attached hydrogen (secondary N) is 1. The standard InChI is InChI=1S/C20H25FN4O2/c1-14-13-24(9-10-25(14)17-7-8-22-19(21)12-17)20(26)23-15(2)16-5-4-6-18(11-16)27-3/h4-8,11-12,14-15H,9-10,13H2,1-3H3,(H,23,26)/t14?,15-/m1/s1. The molecule has 2 aromatic rings. The van der Waals surface area contributed by atoms with Crippen LogP contribution in [0.15, 0.2) is 42.6 Å². The summed E-state index contributed by atoms with van der Waals surface area (Å²) in [7, 11) is 1.62. The number of carbonyl (C=O) groups is 1. The second kappa shape index (κ2) is 8.24. The number of rotatable bonds is 4. The first kappa shape index (κ1) is 18.9. The number of nitrogens with zero attached hydrogens (tertiary/aromatic N) is 3. The van der Waals surface area contributed by atoms with Crippen molar-refractivity contribution in [3.05, 3.63) is 54.1 Å². The van der Waals surface area contributed by atoms with E-state index in [4.69, 9.17) is 4.74 Å². The molecule has 0 saturated carbocycles. The van der Waals surface area contributed by atoms with Crippen molar-refractivity contribution in [2.45, 2.75) is 25.9 Å². The number of methoxy groups -OCH3 is 1. The monoisotopic (exact) mass is 372 g/mol. The van der Waals surface area contributed by atoms with Crippen molar-refractivity contribution in [2.24, 2.45) is 0 Å². The molecule has 6 nitrogen and oxygen atoms in total. The zero-order chi connectivity index (χ0) is 19.4. The normalized spacial score (nSPS) is 18.1. The summed E-state index contributed by atoms with van der Waals surface area (Å²) < 4.78 is 18.6. The highest BCUT2D eigenvalue weighted by Gasteiger charge is 2.27. The fraction of sp³-hybridized carbons (Fsp3) is 0.400. The number of hydrogen-bond donors (Lipinski definition) is 1. The van der Waals surface area contributed by atoms with Crippen molar-refractivity contribution in [3.63, 3.8) is 0 Å². The van der Waals surface area contributed by atoms with E-state index in [1.165, 1.54) is 12.3 Å². The van der Waals surface area contributed by atoms with Crippen LogP contribution in [0.2, 0.25) is 0 Å². The second-order valence-electron chi connectivity index (χ2n) is 6.77. The molecule has 2 amide bonds. The first-order valence-corrected chi connectivity index (χ1v) is 9.05. The van der Waals surface area contributed by atoms with Crippen LogP contribution in [0.3, 0.4) is 0 Å². The highest BCUT2D eigenvalue weighted by atomic mass is 19.1. The molecule has 0 radical (unpaired) electrons. The van der Waals surface area contributed by atoms with Gasteiger partial charge in [-0.15, -0.1) is 0 Å². The Morgan fingerprint density at radius 2 is 2.15 bits per heavy atom. The predicted octanol–water partition coefficient (Wildman–Crippen LogP) is 3.21. The maximum Gasteiger partial charge on any atom is 0.318 e. The van der Waals surface area contributed by atoms with Gasteiger partial charge in [-0.05, 0) is 37.6 Å². The van der Waals surface area contributed by atoms with Gasteiger partial charge in [0, 0.05) is 43.6 Å². The second-order valence-corrected chi connectivity index (χ2v) is 6.77. The average Bonchev–Trinajstić information content (AvgIpc) is 2.67. The van der Waals surface area contributed by atoms with E-state index in [1.54, 1.807) is 18.1 Å². The van der Waals surface area contributed by atoms with Crippen molar-refractivity contribution in [1.29, 1.82) is 0 Å². The topological polar surface area (TPSA) is 57.7 Å². The van der Waals surface area contributed by atoms with Gasteiger partial charge in [0.25, 0.3) is 0 Å². The van der Waals surface area contributed by atoms with E-state index in [9.17, 15) is 9.18 Å². The Bertz CT molecular complexity index is 801. The first-order chi connectivity index (χ1) is 13.0. The van der Waals surface area contributed by atoms with Gasteiger partial charge in [-0.2, -0.15) is 4.39 Å². The molecule has 2 heterocycles. The molecule has 1 aromatic carbocycles. The summed E-state index contributed by atoms with van der Waals surface area (Å²) in [6, 6.07) is 10.7. The fourth-order valence-electron chi connectivity index (χ4n) is 3.37. The Morgan fingerprint density at radius 3 is 2.85 bits per heavy atom. The van der Waals surface area contributed by atoms with Crippen LogP contribution in [0, 0.1) is 5.95 Å². The summed E-state index contributed by atoms with van der Waals surface area (Å²) in [5, 5.41) is 3.04. The highest BCUT2D eigenvalue weighted by molar-refractivity contribution is 5.75. The Labute approximate surface area is 158 Å². The van der Waals surface area contributed by atoms with Crippen LogP contribution in [0.5, 0.6) is 5.75 Å². The van der Waals surface area contributed by atoms with Crippen LogP contribution >= 0.6 is 0 Å². The van der Waals surface area contributed by atoms with Crippen molar-refractivity contribution in [3.8, 4) is 5.75 Å². The minimum absolute atomic E-state index is 0.0819. The highest BCUT2D eigenvalue weighted by Crippen LogP contribution is 2.22. The van der Waals surface area contributed by atoms with Crippen LogP contribution in [0.1, 0.15) is 25.5 Å². The van der Waals surface area contributed by atoms with Crippen LogP contribution in [0.4, 0.5) is 14.9 Å². The molecule has 27 heavy (non-hydrogen) atoms. The molecule has 0 spiro atoms. The number of hydrogen-bond acceptors (Lipinski definition) is 4. The third kappa shape index (κ3) is 4.48. The third-order valence-electron chi connectivity index (χ3n) is 4.89. The quantitative estimate of drug-likeness (QED) is 0.838. The summed E-state index contributed by atoms with van der Waals surface area (Å²) in [4.78, 5) is 20.2. The summed E-state index contributed by atoms with van der Waals surface area (Å²) in [5.74, 6) is 0.271. The van der Waals surface area contributed by atoms with E-state index in [0.29, 0.717) is 19.6 Å². The molecule has 3 rings (SSSR count). The lowest BCUT2D eigenvalue weighted by Gasteiger charge is -2.41. The fourth-order valence-corrected chi connectivity index (χ4v) is 3.37. The van der Waals surface area contributed by atoms with E-state index in [1.807, 2.05) is 38.1 Å². The smallest absolute Gasteiger partial charge is 0.318 e. The molecule has 1 fully saturated rings. The Hall–Kier alpha value is -2.83. The number of aromatic nitrogens is 1. The van der Waals surface area contributed by atoms with E-state index >= 15 is 0 Å². The van der Waals surface area contributed by atoms with Gasteiger partial charge in [-0.3, -0.25) is 0 Å². The maximum atomic E-state index is 13.4. The molecule has 144 valence electrons. The van der Waals surface area contributed by atoms with E-state index in [2.05, 4.69) is 15.2 Å². The van der Waals surface area contributed by atoms with Crippen molar-refractivity contribution in [1.82, 2.24) is 15.2 Å². The van der Waals surface area contributed by atoms with Crippen LogP contribution in [0.25, 0.3) is 0 Å². The number of urea groups is 1. The zero-order valence-electron chi connectivity index (χ0n) is 15.9. The van der Waals surface area contributed by atoms with E-state index in [-0.39, 0.29) is 18.1 Å². The van der Waals surface area contributed by atoms with Gasteiger partial charge in [0.2, 0.25) is 5.95 Å². The van der Waals surface area contributed by atoms with Gasteiger partial charge >= 0.3 is 6.03 Å². The van der Waals surface area contributed by atoms with Gasteiger partial charge in [0.1, 0.15) is 5.75 Å². The minimum Gasteiger partial charge on any atom is -0.497 e. The van der Waals surface area contributed by atoms with Crippen LogP contribution in [-0.4, -0.2) is 48.7 Å². The Morgan fingerprint density at radius 1 is 1.33 bits per heavy atom. The SMILES string of the molecule is COc1cccc([C@@H](C)NC(=O)N2CCN(c3ccnc(F)c3)C(C)C2)c1. The number of piperazine rings is 1. The van der Waals surface area contributed by atoms with E-state index in [0.717, 1.165) is 17.0 Å². The summed E-state index contributed by atoms with van der Waals surface area (Å²) in [5.41, 5.74) is 1.78. The number of pyridine rings is 1. The van der Waals surface area contributed by atoms with Gasteiger partial charge in [-0.1, -0.05) is 12.1 Å². The largest absolute Gasteiger partial charge is 0.497 e. The molecule has 1 N–H and O–H groups in total. The zero-order valence-corrected chi connectivity index (χ0v) is 15.9. The number of carbonyl (C=O) groups excluding carboxylic acids is 1. The molecule has 1 unspecified atom stereocenters. The molecule has 7 heteroatoms. The van der Waals surface area contributed by atoms with Gasteiger partial charge in [0.15, 0.2) is 0 Å². The summed E-state index contributed by atoms with van der Waals surface area (Å²) in [6.07, 6.45) is 1.46. The molecule has 2 atom stereocenters. The Balaban J connectivity index is 1.60. The molecule has 0 bridgehead atoms. The van der Waals surface area contributed by atoms with Crippen LogP contribution < -0.4 is 15.0 Å². The number of amides is 2. The summed E-state index contributed by atoms with van der Waals surface area (Å²) in [6.45, 7) is 5.77. The molecule has 1 aliphatic rings. The van der Waals surface area contributed by atoms with Gasteiger partial charge in [0.05, 0.1) is 13.2 Å². The number of ether oxygens (including phenoxy) is 1. The van der Waals surface area contributed by atoms with Gasteiger partial charge in [-0.25, -0.2) is 9.78 Å². The lowest BCUT2D eigenvalue weighted by atomic mass is 10.1. The summed E-state index contributed by atoms with van der Waals surface area (Å²) >= 11 is 0. The van der Waals surface area contributed by atoms with Crippen LogP contribution in [-0.2, 0) is 0 Å². The minimum atomic E-state index is -0.494. The molecule has 1 aliphatic heterocycles. The molecule has 0 aliphatic carbocycles. The van der Waals surface area contributed by atoms with Crippen molar-refractivity contribution in [2.75, 3.05) is 31.6 Å². The number of benzene rings is 1. The number of anilines is 1. The Kier molecular flexibility index (Phi) is 5.78. The average molecular weight is 372 g/mol. The van der Waals surface area contributed by atoms with E-state index < -0.39 is 5.95 Å². The lowest BCUT2D eigenvalue weighted by molar-refractivity contribution is 0.183. The molecule has 1 aromatic heterocycles. The maximum absolute atomic E-state index is 13.4. The lowest BCUT2D eigenvalue weighted by Crippen LogP contribution is -2.56. The third-order valence-corrected chi connectivity index (χ3v) is 4.89. The molecule has 1 saturated heterocycles. The predicted molar refractivity (Wildman–Crippen MR) is 103 cm³/mol. The van der Waals surface area contributed by atoms with Crippen molar-refractivity contribution >= 4 is 11.7 Å². The van der Waals surface area contributed by atoms with Crippen molar-refractivity contribution < 1.29 is 13.9 Å².